The summed E-state index contributed by atoms with van der Waals surface area (Å²) in [5, 5.41) is 11.6. The number of ether oxygens (including phenoxy) is 1. The van der Waals surface area contributed by atoms with E-state index in [0.29, 0.717) is 29.7 Å². The minimum absolute atomic E-state index is 0.0779. The van der Waals surface area contributed by atoms with Crippen molar-refractivity contribution >= 4 is 6.09 Å². The molecule has 4 aliphatic carbocycles. The molecule has 0 saturated heterocycles. The molecule has 0 radical (unpaired) electrons. The lowest BCUT2D eigenvalue weighted by Gasteiger charge is -2.60. The summed E-state index contributed by atoms with van der Waals surface area (Å²) in [5.74, 6) is 3.53. The summed E-state index contributed by atoms with van der Waals surface area (Å²) in [6.07, 6.45) is 13.6. The Balaban J connectivity index is 1.37. The molecule has 4 heteroatoms. The first-order valence-electron chi connectivity index (χ1n) is 11.5. The van der Waals surface area contributed by atoms with E-state index in [1.807, 2.05) is 0 Å². The summed E-state index contributed by atoms with van der Waals surface area (Å²) < 4.78 is 5.72. The summed E-state index contributed by atoms with van der Waals surface area (Å²) >= 11 is 0. The molecule has 0 aromatic rings. The molecule has 4 fully saturated rings. The third-order valence-corrected chi connectivity index (χ3v) is 9.28. The summed E-state index contributed by atoms with van der Waals surface area (Å²) in [7, 11) is 0. The third kappa shape index (κ3) is 3.52. The lowest BCUT2D eigenvalue weighted by atomic mass is 9.45. The number of aliphatic hydroxyl groups is 1. The maximum absolute atomic E-state index is 12.0. The van der Waals surface area contributed by atoms with Crippen LogP contribution in [-0.2, 0) is 4.74 Å². The molecular formula is C23H39NO3. The highest BCUT2D eigenvalue weighted by atomic mass is 16.6. The minimum Gasteiger partial charge on any atom is -0.446 e. The molecule has 4 aliphatic rings. The number of alkyl carbamates (subject to hydrolysis) is 1. The summed E-state index contributed by atoms with van der Waals surface area (Å²) in [4.78, 5) is 12.0. The van der Waals surface area contributed by atoms with Crippen LogP contribution < -0.4 is 5.32 Å². The lowest BCUT2D eigenvalue weighted by Crippen LogP contribution is -2.53. The van der Waals surface area contributed by atoms with E-state index in [1.54, 1.807) is 0 Å². The molecule has 0 heterocycles. The zero-order chi connectivity index (χ0) is 19.1. The Morgan fingerprint density at radius 3 is 2.74 bits per heavy atom. The van der Waals surface area contributed by atoms with Gasteiger partial charge in [-0.2, -0.15) is 0 Å². The van der Waals surface area contributed by atoms with E-state index in [2.05, 4.69) is 19.2 Å². The monoisotopic (exact) mass is 377 g/mol. The molecule has 4 nitrogen and oxygen atoms in total. The highest BCUT2D eigenvalue weighted by molar-refractivity contribution is 5.67. The highest BCUT2D eigenvalue weighted by Crippen LogP contribution is 2.66. The third-order valence-electron chi connectivity index (χ3n) is 9.28. The molecule has 4 rings (SSSR count). The predicted octanol–water partition coefficient (Wildman–Crippen LogP) is 4.90. The second kappa shape index (κ2) is 7.57. The number of carbonyl (C=O) groups is 1. The topological polar surface area (TPSA) is 58.6 Å². The van der Waals surface area contributed by atoms with E-state index in [0.717, 1.165) is 30.6 Å². The molecule has 7 atom stereocenters. The van der Waals surface area contributed by atoms with Crippen molar-refractivity contribution in [2.24, 2.45) is 34.5 Å². The van der Waals surface area contributed by atoms with Gasteiger partial charge in [0.05, 0.1) is 0 Å². The largest absolute Gasteiger partial charge is 0.446 e. The Morgan fingerprint density at radius 2 is 1.93 bits per heavy atom. The molecular weight excluding hydrogens is 338 g/mol. The molecule has 154 valence electrons. The number of amides is 1. The Labute approximate surface area is 164 Å². The van der Waals surface area contributed by atoms with Crippen molar-refractivity contribution in [2.75, 3.05) is 13.2 Å². The van der Waals surface area contributed by atoms with Gasteiger partial charge in [-0.15, -0.1) is 0 Å². The number of carbonyl (C=O) groups excluding carboxylic acids is 1. The molecule has 2 N–H and O–H groups in total. The van der Waals surface area contributed by atoms with Crippen molar-refractivity contribution in [3.8, 4) is 0 Å². The number of aliphatic hydroxyl groups excluding tert-OH is 1. The van der Waals surface area contributed by atoms with Gasteiger partial charge in [-0.3, -0.25) is 0 Å². The van der Waals surface area contributed by atoms with Gasteiger partial charge >= 0.3 is 6.09 Å². The van der Waals surface area contributed by atoms with Crippen molar-refractivity contribution in [1.82, 2.24) is 5.32 Å². The molecule has 2 unspecified atom stereocenters. The summed E-state index contributed by atoms with van der Waals surface area (Å²) in [6, 6.07) is 0. The maximum atomic E-state index is 12.0. The van der Waals surface area contributed by atoms with Crippen molar-refractivity contribution in [1.29, 1.82) is 0 Å². The van der Waals surface area contributed by atoms with Crippen molar-refractivity contribution in [2.45, 2.75) is 90.6 Å². The Hall–Kier alpha value is -0.770. The van der Waals surface area contributed by atoms with Crippen LogP contribution in [0.3, 0.4) is 0 Å². The maximum Gasteiger partial charge on any atom is 0.407 e. The second-order valence-electron chi connectivity index (χ2n) is 10.5. The average molecular weight is 378 g/mol. The molecule has 0 aromatic heterocycles. The molecule has 1 amide bonds. The van der Waals surface area contributed by atoms with E-state index in [9.17, 15) is 4.79 Å². The van der Waals surface area contributed by atoms with Gasteiger partial charge in [0.15, 0.2) is 0 Å². The predicted molar refractivity (Wildman–Crippen MR) is 106 cm³/mol. The quantitative estimate of drug-likeness (QED) is 0.685. The van der Waals surface area contributed by atoms with E-state index in [1.165, 1.54) is 51.4 Å². The van der Waals surface area contributed by atoms with E-state index < -0.39 is 0 Å². The molecule has 0 aromatic carbocycles. The fourth-order valence-corrected chi connectivity index (χ4v) is 7.78. The fraction of sp³-hybridized carbons (Fsp3) is 0.957. The van der Waals surface area contributed by atoms with Gasteiger partial charge < -0.3 is 15.2 Å². The van der Waals surface area contributed by atoms with Crippen LogP contribution in [-0.4, -0.2) is 30.5 Å². The zero-order valence-corrected chi connectivity index (χ0v) is 17.3. The van der Waals surface area contributed by atoms with Crippen LogP contribution in [0.1, 0.15) is 84.5 Å². The van der Waals surface area contributed by atoms with Crippen LogP contribution >= 0.6 is 0 Å². The average Bonchev–Trinajstić information content (AvgIpc) is 3.04. The Morgan fingerprint density at radius 1 is 1.07 bits per heavy atom. The van der Waals surface area contributed by atoms with Crippen molar-refractivity contribution in [3.05, 3.63) is 0 Å². The van der Waals surface area contributed by atoms with Gasteiger partial charge in [-0.1, -0.05) is 20.3 Å². The molecule has 0 spiro atoms. The van der Waals surface area contributed by atoms with Crippen molar-refractivity contribution < 1.29 is 14.6 Å². The van der Waals surface area contributed by atoms with Gasteiger partial charge in [0, 0.05) is 13.2 Å². The van der Waals surface area contributed by atoms with Crippen LogP contribution in [0.5, 0.6) is 0 Å². The number of hydrogen-bond donors (Lipinski definition) is 2. The first-order valence-corrected chi connectivity index (χ1v) is 11.5. The summed E-state index contributed by atoms with van der Waals surface area (Å²) in [5.41, 5.74) is 1.09. The number of hydrogen-bond acceptors (Lipinski definition) is 3. The van der Waals surface area contributed by atoms with E-state index >= 15 is 0 Å². The minimum atomic E-state index is -0.301. The van der Waals surface area contributed by atoms with Crippen LogP contribution in [0.2, 0.25) is 0 Å². The van der Waals surface area contributed by atoms with E-state index in [4.69, 9.17) is 9.84 Å². The second-order valence-corrected chi connectivity index (χ2v) is 10.5. The molecule has 0 aliphatic heterocycles. The Kier molecular flexibility index (Phi) is 5.48. The van der Waals surface area contributed by atoms with Gasteiger partial charge in [-0.05, 0) is 98.7 Å². The van der Waals surface area contributed by atoms with Crippen LogP contribution in [0, 0.1) is 34.5 Å². The number of rotatable bonds is 4. The zero-order valence-electron chi connectivity index (χ0n) is 17.3. The van der Waals surface area contributed by atoms with Gasteiger partial charge in [-0.25, -0.2) is 4.79 Å². The Bertz CT molecular complexity index is 552. The lowest BCUT2D eigenvalue weighted by molar-refractivity contribution is -0.121. The first kappa shape index (κ1) is 19.5. The van der Waals surface area contributed by atoms with Crippen LogP contribution in [0.4, 0.5) is 4.79 Å². The number of nitrogens with one attached hydrogen (secondary N) is 1. The standard InChI is InChI=1S/C23H39NO3/c1-22-10-3-5-19(22)18-7-6-16-15-17(27-21(26)24-13-4-14-25)8-12-23(16,2)20(18)9-11-22/h16-20,25H,3-15H2,1-2H3,(H,24,26)/t16?,17?,18-,19-,20+,22-,23-/m0/s1. The SMILES string of the molecule is C[C@@]12CCC[C@H]1[C@@H]1CCC3CC(OC(=O)NCCCO)CC[C@]3(C)[C@@H]1CC2. The highest BCUT2D eigenvalue weighted by Gasteiger charge is 2.58. The summed E-state index contributed by atoms with van der Waals surface area (Å²) in [6.45, 7) is 5.75. The molecule has 4 saturated carbocycles. The van der Waals surface area contributed by atoms with Gasteiger partial charge in [0.2, 0.25) is 0 Å². The van der Waals surface area contributed by atoms with Crippen LogP contribution in [0.25, 0.3) is 0 Å². The number of fused-ring (bicyclic) bond motifs is 5. The molecule has 0 bridgehead atoms. The smallest absolute Gasteiger partial charge is 0.407 e. The van der Waals surface area contributed by atoms with Crippen molar-refractivity contribution in [3.63, 3.8) is 0 Å². The normalized spacial score (nSPS) is 46.1. The molecule has 27 heavy (non-hydrogen) atoms. The first-order chi connectivity index (χ1) is 13.0. The van der Waals surface area contributed by atoms with Gasteiger partial charge in [0.1, 0.15) is 6.10 Å². The van der Waals surface area contributed by atoms with Crippen LogP contribution in [0.15, 0.2) is 0 Å². The van der Waals surface area contributed by atoms with E-state index in [-0.39, 0.29) is 18.8 Å². The fourth-order valence-electron chi connectivity index (χ4n) is 7.78. The van der Waals surface area contributed by atoms with Gasteiger partial charge in [0.25, 0.3) is 0 Å².